The molecule has 0 aromatic carbocycles. The summed E-state index contributed by atoms with van der Waals surface area (Å²) in [5, 5.41) is 11.3. The number of ether oxygens (including phenoxy) is 1. The van der Waals surface area contributed by atoms with E-state index in [1.807, 2.05) is 0 Å². The molecule has 0 bridgehead atoms. The van der Waals surface area contributed by atoms with Gasteiger partial charge in [0.05, 0.1) is 6.54 Å². The molecule has 0 aromatic heterocycles. The van der Waals surface area contributed by atoms with E-state index in [4.69, 9.17) is 9.84 Å². The fourth-order valence-corrected chi connectivity index (χ4v) is 1.20. The molecule has 7 nitrogen and oxygen atoms in total. The number of nitrogens with one attached hydrogen (secondary N) is 1. The quantitative estimate of drug-likeness (QED) is 0.582. The van der Waals surface area contributed by atoms with Gasteiger partial charge in [0.25, 0.3) is 0 Å². The summed E-state index contributed by atoms with van der Waals surface area (Å²) in [6.45, 7) is 6.35. The van der Waals surface area contributed by atoms with Gasteiger partial charge in [-0.1, -0.05) is 5.92 Å². The van der Waals surface area contributed by atoms with Gasteiger partial charge in [-0.3, -0.25) is 9.69 Å². The number of amides is 2. The van der Waals surface area contributed by atoms with Crippen molar-refractivity contribution in [2.24, 2.45) is 0 Å². The van der Waals surface area contributed by atoms with Crippen molar-refractivity contribution >= 4 is 18.0 Å². The van der Waals surface area contributed by atoms with Crippen molar-refractivity contribution in [2.75, 3.05) is 19.6 Å². The first-order chi connectivity index (χ1) is 9.15. The number of carbonyl (C=O) groups is 3. The zero-order chi connectivity index (χ0) is 15.8. The lowest BCUT2D eigenvalue weighted by atomic mass is 10.2. The molecule has 0 rings (SSSR count). The lowest BCUT2D eigenvalue weighted by molar-refractivity contribution is -0.114. The SMILES string of the molecule is CC#CC(=O)CN(CCNC(=O)OC(C)(C)C)C(=O)O. The number of carbonyl (C=O) groups excluding carboxylic acids is 2. The third-order valence-electron chi connectivity index (χ3n) is 1.92. The zero-order valence-electron chi connectivity index (χ0n) is 12.1. The Kier molecular flexibility index (Phi) is 7.15. The van der Waals surface area contributed by atoms with Crippen molar-refractivity contribution in [1.82, 2.24) is 10.2 Å². The molecule has 2 N–H and O–H groups in total. The molecule has 20 heavy (non-hydrogen) atoms. The van der Waals surface area contributed by atoms with Crippen LogP contribution in [0, 0.1) is 11.8 Å². The summed E-state index contributed by atoms with van der Waals surface area (Å²) in [5.41, 5.74) is -0.622. The molecule has 0 aromatic rings. The maximum absolute atomic E-state index is 11.3. The van der Waals surface area contributed by atoms with Crippen molar-refractivity contribution in [1.29, 1.82) is 0 Å². The minimum Gasteiger partial charge on any atom is -0.465 e. The van der Waals surface area contributed by atoms with Crippen LogP contribution in [-0.4, -0.2) is 53.2 Å². The molecule has 0 heterocycles. The van der Waals surface area contributed by atoms with Crippen LogP contribution in [-0.2, 0) is 9.53 Å². The maximum atomic E-state index is 11.3. The Balaban J connectivity index is 4.22. The second-order valence-corrected chi connectivity index (χ2v) is 4.93. The highest BCUT2D eigenvalue weighted by atomic mass is 16.6. The Bertz CT molecular complexity index is 428. The molecule has 0 aliphatic rings. The molecule has 2 amide bonds. The average molecular weight is 284 g/mol. The van der Waals surface area contributed by atoms with E-state index in [-0.39, 0.29) is 19.6 Å². The molecule has 0 spiro atoms. The number of alkyl carbamates (subject to hydrolysis) is 1. The van der Waals surface area contributed by atoms with E-state index in [9.17, 15) is 14.4 Å². The predicted molar refractivity (Wildman–Crippen MR) is 72.3 cm³/mol. The number of hydrogen-bond donors (Lipinski definition) is 2. The van der Waals surface area contributed by atoms with E-state index in [0.29, 0.717) is 0 Å². The van der Waals surface area contributed by atoms with E-state index < -0.39 is 23.6 Å². The first kappa shape index (κ1) is 17.8. The van der Waals surface area contributed by atoms with E-state index >= 15 is 0 Å². The van der Waals surface area contributed by atoms with Gasteiger partial charge >= 0.3 is 12.2 Å². The van der Waals surface area contributed by atoms with Crippen LogP contribution in [0.4, 0.5) is 9.59 Å². The highest BCUT2D eigenvalue weighted by molar-refractivity contribution is 5.98. The van der Waals surface area contributed by atoms with Crippen LogP contribution in [0.3, 0.4) is 0 Å². The van der Waals surface area contributed by atoms with Crippen molar-refractivity contribution in [2.45, 2.75) is 33.3 Å². The Morgan fingerprint density at radius 1 is 1.30 bits per heavy atom. The third kappa shape index (κ3) is 8.80. The number of hydrogen-bond acceptors (Lipinski definition) is 4. The fraction of sp³-hybridized carbons (Fsp3) is 0.615. The molecule has 7 heteroatoms. The summed E-state index contributed by atoms with van der Waals surface area (Å²) < 4.78 is 4.99. The number of ketones is 1. The highest BCUT2D eigenvalue weighted by Crippen LogP contribution is 2.06. The van der Waals surface area contributed by atoms with Crippen LogP contribution in [0.5, 0.6) is 0 Å². The smallest absolute Gasteiger partial charge is 0.407 e. The van der Waals surface area contributed by atoms with E-state index in [1.165, 1.54) is 6.92 Å². The highest BCUT2D eigenvalue weighted by Gasteiger charge is 2.18. The van der Waals surface area contributed by atoms with E-state index in [0.717, 1.165) is 4.90 Å². The van der Waals surface area contributed by atoms with Crippen LogP contribution < -0.4 is 5.32 Å². The first-order valence-corrected chi connectivity index (χ1v) is 6.06. The largest absolute Gasteiger partial charge is 0.465 e. The number of Topliss-reactive ketones (excluding diaryl/α,β-unsaturated/α-hetero) is 1. The molecule has 0 aliphatic carbocycles. The second kappa shape index (κ2) is 8.04. The van der Waals surface area contributed by atoms with Crippen LogP contribution in [0.1, 0.15) is 27.7 Å². The lowest BCUT2D eigenvalue weighted by Crippen LogP contribution is -2.41. The molecule has 0 radical (unpaired) electrons. The Hall–Kier alpha value is -2.23. The van der Waals surface area contributed by atoms with Gasteiger partial charge in [-0.15, -0.1) is 0 Å². The Morgan fingerprint density at radius 2 is 1.90 bits per heavy atom. The van der Waals surface area contributed by atoms with Crippen LogP contribution >= 0.6 is 0 Å². The molecule has 0 saturated carbocycles. The molecule has 112 valence electrons. The van der Waals surface area contributed by atoms with E-state index in [2.05, 4.69) is 17.2 Å². The van der Waals surface area contributed by atoms with Gasteiger partial charge < -0.3 is 15.2 Å². The minimum atomic E-state index is -1.25. The fourth-order valence-electron chi connectivity index (χ4n) is 1.20. The van der Waals surface area contributed by atoms with Gasteiger partial charge in [0, 0.05) is 13.1 Å². The van der Waals surface area contributed by atoms with Gasteiger partial charge in [0.1, 0.15) is 5.60 Å². The molecule has 0 aliphatic heterocycles. The Labute approximate surface area is 118 Å². The lowest BCUT2D eigenvalue weighted by Gasteiger charge is -2.21. The molecule has 0 fully saturated rings. The number of carboxylic acid groups (broad SMARTS) is 1. The van der Waals surface area contributed by atoms with Gasteiger partial charge in [0.2, 0.25) is 5.78 Å². The van der Waals surface area contributed by atoms with Crippen LogP contribution in [0.15, 0.2) is 0 Å². The predicted octanol–water partition coefficient (Wildman–Crippen LogP) is 1.08. The maximum Gasteiger partial charge on any atom is 0.407 e. The topological polar surface area (TPSA) is 95.9 Å². The molecular weight excluding hydrogens is 264 g/mol. The summed E-state index contributed by atoms with van der Waals surface area (Å²) in [6.07, 6.45) is -1.88. The normalized spacial score (nSPS) is 10.0. The summed E-state index contributed by atoms with van der Waals surface area (Å²) in [4.78, 5) is 34.4. The van der Waals surface area contributed by atoms with Crippen LogP contribution in [0.2, 0.25) is 0 Å². The van der Waals surface area contributed by atoms with Gasteiger partial charge in [-0.25, -0.2) is 9.59 Å². The van der Waals surface area contributed by atoms with Gasteiger partial charge in [0.15, 0.2) is 0 Å². The van der Waals surface area contributed by atoms with Gasteiger partial charge in [-0.2, -0.15) is 0 Å². The van der Waals surface area contributed by atoms with Gasteiger partial charge in [-0.05, 0) is 33.6 Å². The average Bonchev–Trinajstić information content (AvgIpc) is 2.25. The van der Waals surface area contributed by atoms with Crippen molar-refractivity contribution in [3.63, 3.8) is 0 Å². The summed E-state index contributed by atoms with van der Waals surface area (Å²) in [6, 6.07) is 0. The molecular formula is C13H20N2O5. The summed E-state index contributed by atoms with van der Waals surface area (Å²) >= 11 is 0. The second-order valence-electron chi connectivity index (χ2n) is 4.93. The number of nitrogens with zero attached hydrogens (tertiary/aromatic N) is 1. The summed E-state index contributed by atoms with van der Waals surface area (Å²) in [7, 11) is 0. The minimum absolute atomic E-state index is 0.0221. The first-order valence-electron chi connectivity index (χ1n) is 6.06. The van der Waals surface area contributed by atoms with Crippen molar-refractivity contribution < 1.29 is 24.2 Å². The summed E-state index contributed by atoms with van der Waals surface area (Å²) in [5.74, 6) is 4.16. The van der Waals surface area contributed by atoms with Crippen molar-refractivity contribution in [3.8, 4) is 11.8 Å². The third-order valence-corrected chi connectivity index (χ3v) is 1.92. The Morgan fingerprint density at radius 3 is 2.35 bits per heavy atom. The molecule has 0 atom stereocenters. The monoisotopic (exact) mass is 284 g/mol. The standard InChI is InChI=1S/C13H20N2O5/c1-5-6-10(16)9-15(12(18)19)8-7-14-11(17)20-13(2,3)4/h7-9H2,1-4H3,(H,14,17)(H,18,19). The molecule has 0 saturated heterocycles. The van der Waals surface area contributed by atoms with Crippen LogP contribution in [0.25, 0.3) is 0 Å². The zero-order valence-corrected chi connectivity index (χ0v) is 12.1. The molecule has 0 unspecified atom stereocenters. The number of rotatable bonds is 5. The van der Waals surface area contributed by atoms with E-state index in [1.54, 1.807) is 20.8 Å². The van der Waals surface area contributed by atoms with Crippen molar-refractivity contribution in [3.05, 3.63) is 0 Å².